The number of hydrogen-bond acceptors (Lipinski definition) is 6. The number of carbonyl (C=O) groups is 1. The Morgan fingerprint density at radius 1 is 1.09 bits per heavy atom. The summed E-state index contributed by atoms with van der Waals surface area (Å²) in [6.07, 6.45) is -1.19. The summed E-state index contributed by atoms with van der Waals surface area (Å²) in [7, 11) is -3.97. The molecule has 0 spiro atoms. The van der Waals surface area contributed by atoms with E-state index in [0.717, 1.165) is 5.56 Å². The van der Waals surface area contributed by atoms with Gasteiger partial charge in [-0.3, -0.25) is 0 Å². The van der Waals surface area contributed by atoms with Crippen molar-refractivity contribution < 1.29 is 28.6 Å². The first kappa shape index (κ1) is 25.3. The lowest BCUT2D eigenvalue weighted by Crippen LogP contribution is -2.50. The molecular formula is C22H29N3O6S. The van der Waals surface area contributed by atoms with Gasteiger partial charge in [-0.2, -0.15) is 4.31 Å². The van der Waals surface area contributed by atoms with Crippen molar-refractivity contribution in [1.82, 2.24) is 9.62 Å². The van der Waals surface area contributed by atoms with E-state index < -0.39 is 28.3 Å². The molecule has 32 heavy (non-hydrogen) atoms. The van der Waals surface area contributed by atoms with Crippen LogP contribution >= 0.6 is 0 Å². The fraction of sp³-hybridized carbons (Fsp3) is 0.364. The molecule has 0 fully saturated rings. The molecule has 0 aliphatic carbocycles. The number of carboxylic acid groups (broad SMARTS) is 1. The number of aliphatic hydroxyl groups is 1. The predicted octanol–water partition coefficient (Wildman–Crippen LogP) is 2.38. The van der Waals surface area contributed by atoms with Crippen LogP contribution in [0.25, 0.3) is 0 Å². The Kier molecular flexibility index (Phi) is 9.18. The molecule has 0 heterocycles. The van der Waals surface area contributed by atoms with Gasteiger partial charge >= 0.3 is 6.09 Å². The number of nitrogens with zero attached hydrogens (tertiary/aromatic N) is 2. The van der Waals surface area contributed by atoms with Crippen molar-refractivity contribution in [2.24, 2.45) is 11.1 Å². The van der Waals surface area contributed by atoms with Crippen LogP contribution in [0.2, 0.25) is 0 Å². The van der Waals surface area contributed by atoms with Gasteiger partial charge in [0.1, 0.15) is 0 Å². The zero-order valence-electron chi connectivity index (χ0n) is 18.0. The minimum Gasteiger partial charge on any atom is -0.465 e. The molecule has 0 aliphatic heterocycles. The molecule has 2 atom stereocenters. The second-order valence-corrected chi connectivity index (χ2v) is 9.78. The average Bonchev–Trinajstić information content (AvgIpc) is 2.73. The van der Waals surface area contributed by atoms with Crippen LogP contribution in [0.1, 0.15) is 25.0 Å². The molecule has 0 bridgehead atoms. The van der Waals surface area contributed by atoms with Crippen molar-refractivity contribution in [1.29, 1.82) is 0 Å². The van der Waals surface area contributed by atoms with Crippen LogP contribution in [-0.4, -0.2) is 65.7 Å². The van der Waals surface area contributed by atoms with E-state index in [-0.39, 0.29) is 30.3 Å². The van der Waals surface area contributed by atoms with E-state index in [1.807, 2.05) is 32.0 Å². The van der Waals surface area contributed by atoms with Gasteiger partial charge in [-0.25, -0.2) is 13.2 Å². The second kappa shape index (κ2) is 11.6. The minimum atomic E-state index is -3.97. The van der Waals surface area contributed by atoms with E-state index in [1.165, 1.54) is 34.8 Å². The maximum Gasteiger partial charge on any atom is 0.404 e. The molecule has 0 aromatic heterocycles. The summed E-state index contributed by atoms with van der Waals surface area (Å²) in [5.41, 5.74) is 1.33. The van der Waals surface area contributed by atoms with E-state index >= 15 is 0 Å². The van der Waals surface area contributed by atoms with Crippen LogP contribution in [0.5, 0.6) is 0 Å². The summed E-state index contributed by atoms with van der Waals surface area (Å²) in [6.45, 7) is 3.57. The average molecular weight is 464 g/mol. The summed E-state index contributed by atoms with van der Waals surface area (Å²) < 4.78 is 27.7. The highest BCUT2D eigenvalue weighted by atomic mass is 32.2. The Balaban J connectivity index is 2.28. The van der Waals surface area contributed by atoms with Crippen LogP contribution in [-0.2, 0) is 16.4 Å². The van der Waals surface area contributed by atoms with Gasteiger partial charge in [-0.05, 0) is 35.6 Å². The minimum absolute atomic E-state index is 0.0197. The topological polar surface area (TPSA) is 140 Å². The molecule has 2 aromatic rings. The summed E-state index contributed by atoms with van der Waals surface area (Å²) in [4.78, 5) is 11.3. The quantitative estimate of drug-likeness (QED) is 0.229. The summed E-state index contributed by atoms with van der Waals surface area (Å²) >= 11 is 0. The van der Waals surface area contributed by atoms with E-state index in [9.17, 15) is 23.4 Å². The molecule has 0 aliphatic rings. The van der Waals surface area contributed by atoms with Crippen LogP contribution in [0.15, 0.2) is 64.6 Å². The maximum absolute atomic E-state index is 13.3. The third-order valence-corrected chi connectivity index (χ3v) is 6.60. The predicted molar refractivity (Wildman–Crippen MR) is 121 cm³/mol. The first-order valence-corrected chi connectivity index (χ1v) is 11.6. The second-order valence-electron chi connectivity index (χ2n) is 7.84. The largest absolute Gasteiger partial charge is 0.465 e. The monoisotopic (exact) mass is 463 g/mol. The Morgan fingerprint density at radius 3 is 2.25 bits per heavy atom. The van der Waals surface area contributed by atoms with E-state index in [4.69, 9.17) is 5.21 Å². The Hall–Kier alpha value is -2.95. The van der Waals surface area contributed by atoms with Gasteiger partial charge in [0.15, 0.2) is 0 Å². The number of rotatable bonds is 11. The maximum atomic E-state index is 13.3. The lowest BCUT2D eigenvalue weighted by molar-refractivity contribution is 0.0980. The van der Waals surface area contributed by atoms with Gasteiger partial charge in [-0.15, -0.1) is 0 Å². The lowest BCUT2D eigenvalue weighted by atomic mass is 10.0. The highest BCUT2D eigenvalue weighted by Gasteiger charge is 2.31. The number of nitrogens with one attached hydrogen (secondary N) is 1. The number of amides is 1. The van der Waals surface area contributed by atoms with Gasteiger partial charge in [0.05, 0.1) is 23.3 Å². The van der Waals surface area contributed by atoms with Crippen molar-refractivity contribution in [3.8, 4) is 0 Å². The highest BCUT2D eigenvalue weighted by Crippen LogP contribution is 2.19. The molecule has 0 saturated carbocycles. The number of hydrogen-bond donors (Lipinski definition) is 4. The molecule has 0 radical (unpaired) electrons. The summed E-state index contributed by atoms with van der Waals surface area (Å²) in [5, 5.41) is 33.9. The van der Waals surface area contributed by atoms with Crippen LogP contribution in [0.3, 0.4) is 0 Å². The molecule has 4 N–H and O–H groups in total. The van der Waals surface area contributed by atoms with Crippen LogP contribution < -0.4 is 5.32 Å². The number of oxime groups is 1. The lowest BCUT2D eigenvalue weighted by Gasteiger charge is -2.30. The van der Waals surface area contributed by atoms with E-state index in [2.05, 4.69) is 10.5 Å². The molecule has 9 nitrogen and oxygen atoms in total. The Bertz CT molecular complexity index is 994. The normalized spacial score (nSPS) is 14.0. The van der Waals surface area contributed by atoms with Gasteiger partial charge in [-0.1, -0.05) is 61.5 Å². The first-order chi connectivity index (χ1) is 15.1. The molecule has 0 unspecified atom stereocenters. The molecule has 0 saturated heterocycles. The van der Waals surface area contributed by atoms with E-state index in [1.54, 1.807) is 12.1 Å². The van der Waals surface area contributed by atoms with Gasteiger partial charge in [0, 0.05) is 13.1 Å². The first-order valence-electron chi connectivity index (χ1n) is 10.1. The van der Waals surface area contributed by atoms with Crippen molar-refractivity contribution in [3.63, 3.8) is 0 Å². The summed E-state index contributed by atoms with van der Waals surface area (Å²) in [6, 6.07) is 13.9. The SMILES string of the molecule is CC(C)CN(C[C@@H](O)[C@H](Cc1ccccc1)NC(=O)O)S(=O)(=O)c1ccc(C=NO)cc1. The van der Waals surface area contributed by atoms with Gasteiger partial charge < -0.3 is 20.7 Å². The third-order valence-electron chi connectivity index (χ3n) is 4.76. The zero-order valence-corrected chi connectivity index (χ0v) is 18.8. The molecule has 1 amide bonds. The molecular weight excluding hydrogens is 434 g/mol. The zero-order chi connectivity index (χ0) is 23.7. The number of benzene rings is 2. The molecule has 174 valence electrons. The summed E-state index contributed by atoms with van der Waals surface area (Å²) in [5.74, 6) is -0.0298. The van der Waals surface area contributed by atoms with E-state index in [0.29, 0.717) is 5.56 Å². The van der Waals surface area contributed by atoms with Crippen LogP contribution in [0.4, 0.5) is 4.79 Å². The Morgan fingerprint density at radius 2 is 1.72 bits per heavy atom. The molecule has 2 rings (SSSR count). The fourth-order valence-corrected chi connectivity index (χ4v) is 4.89. The van der Waals surface area contributed by atoms with Gasteiger partial charge in [0.25, 0.3) is 0 Å². The standard InChI is InChI=1S/C22H29N3O6S/c1-16(2)14-25(32(30,31)19-10-8-18(9-11-19)13-23-29)15-21(26)20(24-22(27)28)12-17-6-4-3-5-7-17/h3-11,13,16,20-21,24,26,29H,12,14-15H2,1-2H3,(H,27,28)/t20-,21+/m0/s1. The van der Waals surface area contributed by atoms with Gasteiger partial charge in [0.2, 0.25) is 10.0 Å². The van der Waals surface area contributed by atoms with Crippen molar-refractivity contribution in [3.05, 3.63) is 65.7 Å². The van der Waals surface area contributed by atoms with Crippen LogP contribution in [0, 0.1) is 5.92 Å². The Labute approximate surface area is 188 Å². The molecule has 2 aromatic carbocycles. The third kappa shape index (κ3) is 7.33. The number of aliphatic hydroxyl groups excluding tert-OH is 1. The van der Waals surface area contributed by atoms with Crippen molar-refractivity contribution >= 4 is 22.3 Å². The number of sulfonamides is 1. The smallest absolute Gasteiger partial charge is 0.404 e. The highest BCUT2D eigenvalue weighted by molar-refractivity contribution is 7.89. The fourth-order valence-electron chi connectivity index (χ4n) is 3.27. The van der Waals surface area contributed by atoms with Crippen molar-refractivity contribution in [2.75, 3.05) is 13.1 Å². The molecule has 10 heteroatoms. The van der Waals surface area contributed by atoms with Crippen molar-refractivity contribution in [2.45, 2.75) is 37.3 Å².